The summed E-state index contributed by atoms with van der Waals surface area (Å²) in [5.74, 6) is 0.599. The maximum atomic E-state index is 12.5. The van der Waals surface area contributed by atoms with Gasteiger partial charge in [0.05, 0.1) is 12.6 Å². The standard InChI is InChI=1S/C23H30N4O3/c1-5-19-15(3)22(26-21-8-6-7-14(2)25-21)18-13-17(23(30)24-11-12-28)9-10-20(18)27(19)16(4)29/h6-10,13,15,19,22,28H,5,11-12H2,1-4H3,(H,24,30)(H,25,26). The van der Waals surface area contributed by atoms with Crippen molar-refractivity contribution in [3.05, 3.63) is 53.2 Å². The number of benzene rings is 1. The second-order valence-corrected chi connectivity index (χ2v) is 7.76. The average Bonchev–Trinajstić information content (AvgIpc) is 2.72. The second kappa shape index (κ2) is 9.26. The van der Waals surface area contributed by atoms with Crippen LogP contribution in [0.25, 0.3) is 0 Å². The Morgan fingerprint density at radius 2 is 2.00 bits per heavy atom. The molecule has 1 aliphatic heterocycles. The van der Waals surface area contributed by atoms with E-state index in [-0.39, 0.29) is 43.0 Å². The largest absolute Gasteiger partial charge is 0.395 e. The lowest BCUT2D eigenvalue weighted by Gasteiger charge is -2.45. The molecule has 1 aliphatic rings. The number of amides is 2. The number of hydrogen-bond donors (Lipinski definition) is 3. The molecule has 3 rings (SSSR count). The molecule has 7 nitrogen and oxygen atoms in total. The first kappa shape index (κ1) is 21.8. The molecule has 7 heteroatoms. The van der Waals surface area contributed by atoms with Gasteiger partial charge in [0.1, 0.15) is 5.82 Å². The first-order chi connectivity index (χ1) is 14.4. The molecule has 0 saturated carbocycles. The third-order valence-corrected chi connectivity index (χ3v) is 5.70. The summed E-state index contributed by atoms with van der Waals surface area (Å²) in [6, 6.07) is 11.2. The summed E-state index contributed by atoms with van der Waals surface area (Å²) in [4.78, 5) is 31.4. The van der Waals surface area contributed by atoms with E-state index in [1.807, 2.05) is 42.2 Å². The molecule has 0 saturated heterocycles. The summed E-state index contributed by atoms with van der Waals surface area (Å²) < 4.78 is 0. The van der Waals surface area contributed by atoms with Crippen molar-refractivity contribution in [2.75, 3.05) is 23.4 Å². The Hall–Kier alpha value is -2.93. The normalized spacial score (nSPS) is 20.4. The number of nitrogens with one attached hydrogen (secondary N) is 2. The van der Waals surface area contributed by atoms with Gasteiger partial charge in [-0.15, -0.1) is 0 Å². The highest BCUT2D eigenvalue weighted by Crippen LogP contribution is 2.43. The number of aromatic nitrogens is 1. The van der Waals surface area contributed by atoms with Gasteiger partial charge >= 0.3 is 0 Å². The van der Waals surface area contributed by atoms with Gasteiger partial charge in [-0.05, 0) is 49.2 Å². The highest BCUT2D eigenvalue weighted by molar-refractivity contribution is 5.98. The highest BCUT2D eigenvalue weighted by Gasteiger charge is 2.40. The number of aryl methyl sites for hydroxylation is 1. The van der Waals surface area contributed by atoms with Gasteiger partial charge in [-0.3, -0.25) is 9.59 Å². The molecule has 160 valence electrons. The Morgan fingerprint density at radius 3 is 2.63 bits per heavy atom. The minimum Gasteiger partial charge on any atom is -0.395 e. The summed E-state index contributed by atoms with van der Waals surface area (Å²) >= 11 is 0. The minimum absolute atomic E-state index is 0.0143. The fourth-order valence-corrected chi connectivity index (χ4v) is 4.30. The molecular formula is C23H30N4O3. The average molecular weight is 411 g/mol. The number of aliphatic hydroxyl groups excluding tert-OH is 1. The number of hydrogen-bond acceptors (Lipinski definition) is 5. The summed E-state index contributed by atoms with van der Waals surface area (Å²) in [5.41, 5.74) is 3.12. The Bertz CT molecular complexity index is 930. The van der Waals surface area contributed by atoms with Crippen molar-refractivity contribution in [3.63, 3.8) is 0 Å². The van der Waals surface area contributed by atoms with Crippen molar-refractivity contribution in [1.29, 1.82) is 0 Å². The summed E-state index contributed by atoms with van der Waals surface area (Å²) in [6.07, 6.45) is 0.818. The van der Waals surface area contributed by atoms with Gasteiger partial charge in [-0.2, -0.15) is 0 Å². The first-order valence-corrected chi connectivity index (χ1v) is 10.4. The van der Waals surface area contributed by atoms with Crippen molar-refractivity contribution in [3.8, 4) is 0 Å². The Labute approximate surface area is 177 Å². The smallest absolute Gasteiger partial charge is 0.251 e. The molecule has 3 unspecified atom stereocenters. The van der Waals surface area contributed by atoms with Gasteiger partial charge in [0.25, 0.3) is 5.91 Å². The molecule has 0 bridgehead atoms. The van der Waals surface area contributed by atoms with E-state index >= 15 is 0 Å². The fraction of sp³-hybridized carbons (Fsp3) is 0.435. The Kier molecular flexibility index (Phi) is 6.72. The third-order valence-electron chi connectivity index (χ3n) is 5.70. The van der Waals surface area contributed by atoms with Crippen LogP contribution in [0.4, 0.5) is 11.5 Å². The van der Waals surface area contributed by atoms with Crippen molar-refractivity contribution < 1.29 is 14.7 Å². The molecule has 3 atom stereocenters. The number of pyridine rings is 1. The number of anilines is 2. The summed E-state index contributed by atoms with van der Waals surface area (Å²) in [5, 5.41) is 15.2. The van der Waals surface area contributed by atoms with Crippen LogP contribution in [0.3, 0.4) is 0 Å². The summed E-state index contributed by atoms with van der Waals surface area (Å²) in [7, 11) is 0. The van der Waals surface area contributed by atoms with Crippen molar-refractivity contribution in [2.45, 2.75) is 46.2 Å². The van der Waals surface area contributed by atoms with Gasteiger partial charge in [0.15, 0.2) is 0 Å². The number of fused-ring (bicyclic) bond motifs is 1. The maximum Gasteiger partial charge on any atom is 0.251 e. The van der Waals surface area contributed by atoms with Crippen LogP contribution in [-0.2, 0) is 4.79 Å². The van der Waals surface area contributed by atoms with E-state index in [0.29, 0.717) is 5.56 Å². The zero-order valence-electron chi connectivity index (χ0n) is 18.0. The van der Waals surface area contributed by atoms with Crippen LogP contribution in [0.15, 0.2) is 36.4 Å². The van der Waals surface area contributed by atoms with Crippen LogP contribution in [0.5, 0.6) is 0 Å². The third kappa shape index (κ3) is 4.31. The predicted molar refractivity (Wildman–Crippen MR) is 118 cm³/mol. The van der Waals surface area contributed by atoms with E-state index in [9.17, 15) is 9.59 Å². The number of nitrogens with zero attached hydrogens (tertiary/aromatic N) is 2. The van der Waals surface area contributed by atoms with Crippen molar-refractivity contribution in [1.82, 2.24) is 10.3 Å². The monoisotopic (exact) mass is 410 g/mol. The van der Waals surface area contributed by atoms with Crippen LogP contribution in [0.1, 0.15) is 54.8 Å². The molecule has 3 N–H and O–H groups in total. The van der Waals surface area contributed by atoms with E-state index in [4.69, 9.17) is 5.11 Å². The fourth-order valence-electron chi connectivity index (χ4n) is 4.30. The molecule has 2 aromatic rings. The van der Waals surface area contributed by atoms with Gasteiger partial charge in [0, 0.05) is 42.4 Å². The van der Waals surface area contributed by atoms with Gasteiger partial charge in [-0.25, -0.2) is 4.98 Å². The van der Waals surface area contributed by atoms with Gasteiger partial charge in [0.2, 0.25) is 5.91 Å². The maximum absolute atomic E-state index is 12.5. The van der Waals surface area contributed by atoms with Crippen molar-refractivity contribution in [2.24, 2.45) is 5.92 Å². The lowest BCUT2D eigenvalue weighted by molar-refractivity contribution is -0.117. The zero-order valence-corrected chi connectivity index (χ0v) is 18.0. The topological polar surface area (TPSA) is 94.6 Å². The van der Waals surface area contributed by atoms with Gasteiger partial charge < -0.3 is 20.6 Å². The molecule has 0 fully saturated rings. The second-order valence-electron chi connectivity index (χ2n) is 7.76. The highest BCUT2D eigenvalue weighted by atomic mass is 16.3. The van der Waals surface area contributed by atoms with E-state index in [2.05, 4.69) is 29.5 Å². The Morgan fingerprint density at radius 1 is 1.23 bits per heavy atom. The van der Waals surface area contributed by atoms with E-state index in [0.717, 1.165) is 29.2 Å². The summed E-state index contributed by atoms with van der Waals surface area (Å²) in [6.45, 7) is 7.81. The number of carbonyl (C=O) groups excluding carboxylic acids is 2. The predicted octanol–water partition coefficient (Wildman–Crippen LogP) is 3.05. The lowest BCUT2D eigenvalue weighted by Crippen LogP contribution is -2.49. The molecule has 1 aromatic heterocycles. The van der Waals surface area contributed by atoms with Crippen LogP contribution < -0.4 is 15.5 Å². The number of rotatable bonds is 6. The lowest BCUT2D eigenvalue weighted by atomic mass is 9.80. The van der Waals surface area contributed by atoms with E-state index < -0.39 is 0 Å². The zero-order chi connectivity index (χ0) is 21.8. The molecule has 0 spiro atoms. The van der Waals surface area contributed by atoms with E-state index in [1.54, 1.807) is 13.0 Å². The van der Waals surface area contributed by atoms with Gasteiger partial charge in [-0.1, -0.05) is 19.9 Å². The Balaban J connectivity index is 2.08. The molecule has 30 heavy (non-hydrogen) atoms. The molecular weight excluding hydrogens is 380 g/mol. The quantitative estimate of drug-likeness (QED) is 0.680. The molecule has 1 aromatic carbocycles. The molecule has 2 amide bonds. The molecule has 0 radical (unpaired) electrons. The molecule has 2 heterocycles. The number of carbonyl (C=O) groups is 2. The van der Waals surface area contributed by atoms with Crippen LogP contribution >= 0.6 is 0 Å². The SMILES string of the molecule is CCC1C(C)C(Nc2cccc(C)n2)c2cc(C(=O)NCCO)ccc2N1C(C)=O. The van der Waals surface area contributed by atoms with Crippen LogP contribution in [0, 0.1) is 12.8 Å². The molecule has 0 aliphatic carbocycles. The van der Waals surface area contributed by atoms with Crippen LogP contribution in [0.2, 0.25) is 0 Å². The first-order valence-electron chi connectivity index (χ1n) is 10.4. The van der Waals surface area contributed by atoms with Crippen molar-refractivity contribution >= 4 is 23.3 Å². The van der Waals surface area contributed by atoms with Crippen LogP contribution in [-0.4, -0.2) is 41.1 Å². The number of aliphatic hydroxyl groups is 1. The van der Waals surface area contributed by atoms with E-state index in [1.165, 1.54) is 0 Å². The minimum atomic E-state index is -0.251.